The summed E-state index contributed by atoms with van der Waals surface area (Å²) in [5.41, 5.74) is 1.27. The van der Waals surface area contributed by atoms with Crippen LogP contribution in [0, 0.1) is 0 Å². The fourth-order valence-corrected chi connectivity index (χ4v) is 1.96. The van der Waals surface area contributed by atoms with E-state index in [1.54, 1.807) is 6.20 Å². The maximum atomic E-state index is 8.80. The average Bonchev–Trinajstić information content (AvgIpc) is 2.56. The molecule has 104 valence electrons. The highest BCUT2D eigenvalue weighted by Gasteiger charge is 2.51. The van der Waals surface area contributed by atoms with E-state index < -0.39 is 0 Å². The lowest BCUT2D eigenvalue weighted by Gasteiger charge is -2.32. The van der Waals surface area contributed by atoms with Crippen LogP contribution < -0.4 is 5.46 Å². The third kappa shape index (κ3) is 2.99. The number of hydrogen-bond donors (Lipinski definition) is 1. The third-order valence-electron chi connectivity index (χ3n) is 3.96. The Morgan fingerprint density at radius 1 is 1.16 bits per heavy atom. The molecular weight excluding hydrogens is 241 g/mol. The smallest absolute Gasteiger partial charge is 0.399 e. The second kappa shape index (κ2) is 5.23. The van der Waals surface area contributed by atoms with Crippen LogP contribution in [0.15, 0.2) is 18.3 Å². The molecule has 1 fully saturated rings. The molecule has 1 aromatic rings. The normalized spacial score (nSPS) is 20.8. The first-order valence-electron chi connectivity index (χ1n) is 6.77. The summed E-state index contributed by atoms with van der Waals surface area (Å²) in [4.78, 5) is 4.39. The van der Waals surface area contributed by atoms with Gasteiger partial charge in [-0.25, -0.2) is 0 Å². The number of aromatic nitrogens is 1. The predicted molar refractivity (Wildman–Crippen MR) is 75.4 cm³/mol. The molecule has 0 spiro atoms. The van der Waals surface area contributed by atoms with E-state index in [1.807, 2.05) is 39.8 Å². The maximum Gasteiger partial charge on any atom is 0.496 e. The van der Waals surface area contributed by atoms with E-state index in [4.69, 9.17) is 14.4 Å². The van der Waals surface area contributed by atoms with E-state index >= 15 is 0 Å². The quantitative estimate of drug-likeness (QED) is 0.832. The second-order valence-corrected chi connectivity index (χ2v) is 6.00. The second-order valence-electron chi connectivity index (χ2n) is 6.00. The van der Waals surface area contributed by atoms with Crippen LogP contribution in [0.5, 0.6) is 0 Å². The molecule has 19 heavy (non-hydrogen) atoms. The topological polar surface area (TPSA) is 51.6 Å². The zero-order valence-corrected chi connectivity index (χ0v) is 12.1. The van der Waals surface area contributed by atoms with Gasteiger partial charge in [0.1, 0.15) is 0 Å². The lowest BCUT2D eigenvalue weighted by atomic mass is 9.80. The van der Waals surface area contributed by atoms with Crippen LogP contribution in [-0.2, 0) is 15.7 Å². The van der Waals surface area contributed by atoms with Gasteiger partial charge < -0.3 is 14.4 Å². The Balaban J connectivity index is 2.08. The summed E-state index contributed by atoms with van der Waals surface area (Å²) in [7, 11) is -0.357. The van der Waals surface area contributed by atoms with Gasteiger partial charge in [-0.2, -0.15) is 0 Å². The summed E-state index contributed by atoms with van der Waals surface area (Å²) in [6.45, 7) is 8.35. The minimum absolute atomic E-state index is 0.195. The number of hydrogen-bond acceptors (Lipinski definition) is 4. The fraction of sp³-hybridized carbons (Fsp3) is 0.643. The molecule has 4 nitrogen and oxygen atoms in total. The molecule has 0 saturated carbocycles. The summed E-state index contributed by atoms with van der Waals surface area (Å²) in [6.07, 6.45) is 3.33. The number of aliphatic hydroxyl groups is 1. The van der Waals surface area contributed by atoms with Crippen LogP contribution >= 0.6 is 0 Å². The Kier molecular flexibility index (Phi) is 3.99. The summed E-state index contributed by atoms with van der Waals surface area (Å²) in [6, 6.07) is 3.96. The molecule has 1 N–H and O–H groups in total. The predicted octanol–water partition coefficient (Wildman–Crippen LogP) is 1.31. The van der Waals surface area contributed by atoms with Gasteiger partial charge in [0, 0.05) is 24.0 Å². The number of aliphatic hydroxyl groups excluding tert-OH is 1. The van der Waals surface area contributed by atoms with Gasteiger partial charge in [0.05, 0.1) is 11.2 Å². The molecule has 2 rings (SSSR count). The van der Waals surface area contributed by atoms with E-state index in [0.29, 0.717) is 0 Å². The van der Waals surface area contributed by atoms with Crippen LogP contribution in [0.4, 0.5) is 0 Å². The third-order valence-corrected chi connectivity index (χ3v) is 3.96. The number of aryl methyl sites for hydroxylation is 1. The Labute approximate surface area is 115 Å². The van der Waals surface area contributed by atoms with Gasteiger partial charge in [0.15, 0.2) is 0 Å². The van der Waals surface area contributed by atoms with Crippen molar-refractivity contribution in [2.75, 3.05) is 6.61 Å². The van der Waals surface area contributed by atoms with Crippen LogP contribution in [0.2, 0.25) is 0 Å². The van der Waals surface area contributed by atoms with Gasteiger partial charge in [0.25, 0.3) is 0 Å². The zero-order chi connectivity index (χ0) is 14.1. The summed E-state index contributed by atoms with van der Waals surface area (Å²) < 4.78 is 11.9. The molecule has 0 aromatic carbocycles. The fourth-order valence-electron chi connectivity index (χ4n) is 1.96. The van der Waals surface area contributed by atoms with Crippen molar-refractivity contribution in [3.63, 3.8) is 0 Å². The van der Waals surface area contributed by atoms with Crippen molar-refractivity contribution in [1.82, 2.24) is 4.98 Å². The van der Waals surface area contributed by atoms with Gasteiger partial charge in [-0.1, -0.05) is 6.07 Å². The van der Waals surface area contributed by atoms with Gasteiger partial charge in [-0.15, -0.1) is 0 Å². The standard InChI is InChI=1S/C14H22BNO3/c1-13(2)14(3,4)19-15(18-13)11-7-8-12(16-10-11)6-5-9-17/h7-8,10,17H,5-6,9H2,1-4H3. The zero-order valence-electron chi connectivity index (χ0n) is 12.1. The molecule has 5 heteroatoms. The molecule has 0 radical (unpaired) electrons. The van der Waals surface area contributed by atoms with Crippen molar-refractivity contribution in [3.8, 4) is 0 Å². The highest BCUT2D eigenvalue weighted by atomic mass is 16.7. The molecular formula is C14H22BNO3. The maximum absolute atomic E-state index is 8.80. The molecule has 0 bridgehead atoms. The molecule has 0 atom stereocenters. The molecule has 1 aliphatic rings. The van der Waals surface area contributed by atoms with E-state index in [1.165, 1.54) is 0 Å². The SMILES string of the molecule is CC1(C)OB(c2ccc(CCCO)nc2)OC1(C)C. The minimum Gasteiger partial charge on any atom is -0.399 e. The average molecular weight is 263 g/mol. The lowest BCUT2D eigenvalue weighted by molar-refractivity contribution is 0.00578. The van der Waals surface area contributed by atoms with E-state index in [0.717, 1.165) is 24.0 Å². The summed E-state index contributed by atoms with van der Waals surface area (Å²) >= 11 is 0. The first kappa shape index (κ1) is 14.5. The van der Waals surface area contributed by atoms with Gasteiger partial charge in [-0.3, -0.25) is 4.98 Å². The Morgan fingerprint density at radius 2 is 1.79 bits per heavy atom. The first-order chi connectivity index (χ1) is 8.86. The molecule has 0 aliphatic carbocycles. The minimum atomic E-state index is -0.357. The highest BCUT2D eigenvalue weighted by Crippen LogP contribution is 2.36. The van der Waals surface area contributed by atoms with Gasteiger partial charge in [-0.05, 0) is 46.6 Å². The van der Waals surface area contributed by atoms with E-state index in [2.05, 4.69) is 4.98 Å². The van der Waals surface area contributed by atoms with Gasteiger partial charge in [0.2, 0.25) is 0 Å². The Bertz CT molecular complexity index is 415. The van der Waals surface area contributed by atoms with Crippen LogP contribution in [0.3, 0.4) is 0 Å². The highest BCUT2D eigenvalue weighted by molar-refractivity contribution is 6.62. The van der Waals surface area contributed by atoms with Crippen LogP contribution in [0.1, 0.15) is 39.8 Å². The van der Waals surface area contributed by atoms with Crippen LogP contribution in [0.25, 0.3) is 0 Å². The largest absolute Gasteiger partial charge is 0.496 e. The van der Waals surface area contributed by atoms with Crippen molar-refractivity contribution in [2.45, 2.75) is 51.7 Å². The molecule has 1 saturated heterocycles. The summed E-state index contributed by atoms with van der Waals surface area (Å²) in [5, 5.41) is 8.80. The number of nitrogens with zero attached hydrogens (tertiary/aromatic N) is 1. The molecule has 0 unspecified atom stereocenters. The lowest BCUT2D eigenvalue weighted by Crippen LogP contribution is -2.41. The first-order valence-corrected chi connectivity index (χ1v) is 6.77. The van der Waals surface area contributed by atoms with Crippen molar-refractivity contribution in [3.05, 3.63) is 24.0 Å². The van der Waals surface area contributed by atoms with Crippen molar-refractivity contribution in [1.29, 1.82) is 0 Å². The number of pyridine rings is 1. The summed E-state index contributed by atoms with van der Waals surface area (Å²) in [5.74, 6) is 0. The molecule has 1 aliphatic heterocycles. The monoisotopic (exact) mass is 263 g/mol. The Hall–Kier alpha value is -0.905. The van der Waals surface area contributed by atoms with E-state index in [9.17, 15) is 0 Å². The molecule has 2 heterocycles. The molecule has 1 aromatic heterocycles. The van der Waals surface area contributed by atoms with Crippen molar-refractivity contribution in [2.24, 2.45) is 0 Å². The van der Waals surface area contributed by atoms with Crippen molar-refractivity contribution < 1.29 is 14.4 Å². The van der Waals surface area contributed by atoms with Crippen LogP contribution in [-0.4, -0.2) is 35.0 Å². The Morgan fingerprint density at radius 3 is 2.26 bits per heavy atom. The van der Waals surface area contributed by atoms with E-state index in [-0.39, 0.29) is 24.9 Å². The van der Waals surface area contributed by atoms with Gasteiger partial charge >= 0.3 is 7.12 Å². The van der Waals surface area contributed by atoms with Crippen molar-refractivity contribution >= 4 is 12.6 Å². The molecule has 0 amide bonds. The number of rotatable bonds is 4.